The van der Waals surface area contributed by atoms with Gasteiger partial charge in [-0.05, 0) is 30.0 Å². The largest absolute Gasteiger partial charge is 0.478 e. The SMILES string of the molecule is O=C(NCC1CCCCS1)Nc1sccc1C(=O)O. The summed E-state index contributed by atoms with van der Waals surface area (Å²) in [5.41, 5.74) is 0.132. The van der Waals surface area contributed by atoms with Crippen molar-refractivity contribution in [2.24, 2.45) is 0 Å². The van der Waals surface area contributed by atoms with Crippen molar-refractivity contribution in [1.82, 2.24) is 5.32 Å². The molecule has 0 radical (unpaired) electrons. The molecule has 1 fully saturated rings. The fourth-order valence-corrected chi connectivity index (χ4v) is 3.91. The van der Waals surface area contributed by atoms with Gasteiger partial charge in [0.25, 0.3) is 0 Å². The molecule has 2 heterocycles. The van der Waals surface area contributed by atoms with Gasteiger partial charge in [-0.15, -0.1) is 11.3 Å². The van der Waals surface area contributed by atoms with E-state index in [1.165, 1.54) is 30.2 Å². The number of thioether (sulfide) groups is 1. The monoisotopic (exact) mass is 300 g/mol. The second kappa shape index (κ2) is 6.81. The highest BCUT2D eigenvalue weighted by Crippen LogP contribution is 2.25. The van der Waals surface area contributed by atoms with Crippen molar-refractivity contribution in [3.8, 4) is 0 Å². The Morgan fingerprint density at radius 1 is 1.42 bits per heavy atom. The third-order valence-corrected chi connectivity index (χ3v) is 5.11. The van der Waals surface area contributed by atoms with Gasteiger partial charge < -0.3 is 10.4 Å². The van der Waals surface area contributed by atoms with Crippen LogP contribution in [0.1, 0.15) is 29.6 Å². The van der Waals surface area contributed by atoms with Crippen LogP contribution in [0.25, 0.3) is 0 Å². The molecule has 1 aromatic rings. The van der Waals surface area contributed by atoms with Crippen LogP contribution in [0.15, 0.2) is 11.4 Å². The molecule has 1 aliphatic heterocycles. The summed E-state index contributed by atoms with van der Waals surface area (Å²) in [6, 6.07) is 1.15. The van der Waals surface area contributed by atoms with Crippen LogP contribution in [-0.4, -0.2) is 34.7 Å². The minimum Gasteiger partial charge on any atom is -0.478 e. The predicted octanol–water partition coefficient (Wildman–Crippen LogP) is 2.85. The van der Waals surface area contributed by atoms with Gasteiger partial charge in [0.1, 0.15) is 5.00 Å². The number of carboxylic acids is 1. The van der Waals surface area contributed by atoms with Gasteiger partial charge >= 0.3 is 12.0 Å². The molecular weight excluding hydrogens is 284 g/mol. The van der Waals surface area contributed by atoms with Crippen LogP contribution in [0, 0.1) is 0 Å². The average molecular weight is 300 g/mol. The minimum absolute atomic E-state index is 0.132. The highest BCUT2D eigenvalue weighted by Gasteiger charge is 2.16. The highest BCUT2D eigenvalue weighted by atomic mass is 32.2. The molecule has 1 aromatic heterocycles. The molecule has 1 aliphatic rings. The van der Waals surface area contributed by atoms with Crippen molar-refractivity contribution < 1.29 is 14.7 Å². The fraction of sp³-hybridized carbons (Fsp3) is 0.500. The quantitative estimate of drug-likeness (QED) is 0.799. The van der Waals surface area contributed by atoms with E-state index in [9.17, 15) is 9.59 Å². The van der Waals surface area contributed by atoms with Crippen molar-refractivity contribution >= 4 is 40.1 Å². The zero-order chi connectivity index (χ0) is 13.7. The Labute approximate surface area is 119 Å². The van der Waals surface area contributed by atoms with E-state index >= 15 is 0 Å². The van der Waals surface area contributed by atoms with Crippen molar-refractivity contribution in [2.45, 2.75) is 24.5 Å². The van der Waals surface area contributed by atoms with Gasteiger partial charge in [-0.1, -0.05) is 6.42 Å². The molecule has 1 saturated heterocycles. The molecule has 5 nitrogen and oxygen atoms in total. The van der Waals surface area contributed by atoms with Crippen LogP contribution in [-0.2, 0) is 0 Å². The van der Waals surface area contributed by atoms with Crippen LogP contribution in [0.4, 0.5) is 9.80 Å². The average Bonchev–Trinajstić information content (AvgIpc) is 2.86. The standard InChI is InChI=1S/C12H16N2O3S2/c15-11(16)9-4-6-19-10(9)14-12(17)13-7-8-3-1-2-5-18-8/h4,6,8H,1-3,5,7H2,(H,15,16)(H2,13,14,17). The van der Waals surface area contributed by atoms with E-state index in [1.54, 1.807) is 5.38 Å². The smallest absolute Gasteiger partial charge is 0.338 e. The van der Waals surface area contributed by atoms with E-state index in [0.29, 0.717) is 16.8 Å². The summed E-state index contributed by atoms with van der Waals surface area (Å²) in [7, 11) is 0. The fourth-order valence-electron chi connectivity index (χ4n) is 1.90. The highest BCUT2D eigenvalue weighted by molar-refractivity contribution is 7.99. The number of carbonyl (C=O) groups excluding carboxylic acids is 1. The molecule has 2 rings (SSSR count). The first-order valence-electron chi connectivity index (χ1n) is 6.14. The van der Waals surface area contributed by atoms with E-state index in [2.05, 4.69) is 10.6 Å². The van der Waals surface area contributed by atoms with E-state index < -0.39 is 5.97 Å². The van der Waals surface area contributed by atoms with Crippen LogP contribution in [0.3, 0.4) is 0 Å². The summed E-state index contributed by atoms with van der Waals surface area (Å²) < 4.78 is 0. The Hall–Kier alpha value is -1.21. The zero-order valence-electron chi connectivity index (χ0n) is 10.3. The van der Waals surface area contributed by atoms with Crippen molar-refractivity contribution in [2.75, 3.05) is 17.6 Å². The number of amides is 2. The van der Waals surface area contributed by atoms with Gasteiger partial charge in [0.2, 0.25) is 0 Å². The Balaban J connectivity index is 1.80. The third kappa shape index (κ3) is 4.14. The molecular formula is C12H16N2O3S2. The lowest BCUT2D eigenvalue weighted by atomic mass is 10.2. The van der Waals surface area contributed by atoms with Crippen LogP contribution in [0.2, 0.25) is 0 Å². The van der Waals surface area contributed by atoms with Gasteiger partial charge in [-0.3, -0.25) is 5.32 Å². The lowest BCUT2D eigenvalue weighted by molar-refractivity contribution is 0.0698. The Bertz CT molecular complexity index is 456. The number of carbonyl (C=O) groups is 2. The molecule has 7 heteroatoms. The maximum Gasteiger partial charge on any atom is 0.338 e. The topological polar surface area (TPSA) is 78.4 Å². The van der Waals surface area contributed by atoms with Gasteiger partial charge in [0.05, 0.1) is 5.56 Å². The molecule has 0 aliphatic carbocycles. The summed E-state index contributed by atoms with van der Waals surface area (Å²) in [6.07, 6.45) is 3.60. The van der Waals surface area contributed by atoms with Crippen molar-refractivity contribution in [3.05, 3.63) is 17.0 Å². The van der Waals surface area contributed by atoms with Crippen LogP contribution >= 0.6 is 23.1 Å². The number of hydrogen-bond donors (Lipinski definition) is 3. The van der Waals surface area contributed by atoms with Crippen LogP contribution < -0.4 is 10.6 Å². The molecule has 0 spiro atoms. The lowest BCUT2D eigenvalue weighted by Crippen LogP contribution is -2.35. The van der Waals surface area contributed by atoms with Gasteiger partial charge in [0, 0.05) is 11.8 Å². The number of nitrogens with one attached hydrogen (secondary N) is 2. The first kappa shape index (κ1) is 14.2. The van der Waals surface area contributed by atoms with E-state index in [1.807, 2.05) is 11.8 Å². The summed E-state index contributed by atoms with van der Waals surface area (Å²) in [5, 5.41) is 16.8. The molecule has 1 unspecified atom stereocenters. The molecule has 0 aromatic carbocycles. The Morgan fingerprint density at radius 3 is 2.95 bits per heavy atom. The Kier molecular flexibility index (Phi) is 5.09. The van der Waals surface area contributed by atoms with E-state index in [-0.39, 0.29) is 11.6 Å². The molecule has 104 valence electrons. The number of thiophene rings is 1. The number of anilines is 1. The van der Waals surface area contributed by atoms with Crippen LogP contribution in [0.5, 0.6) is 0 Å². The minimum atomic E-state index is -1.03. The van der Waals surface area contributed by atoms with E-state index in [4.69, 9.17) is 5.11 Å². The van der Waals surface area contributed by atoms with E-state index in [0.717, 1.165) is 12.2 Å². The van der Waals surface area contributed by atoms with Gasteiger partial charge in [0.15, 0.2) is 0 Å². The van der Waals surface area contributed by atoms with Crippen molar-refractivity contribution in [3.63, 3.8) is 0 Å². The van der Waals surface area contributed by atoms with Gasteiger partial charge in [-0.25, -0.2) is 9.59 Å². The normalized spacial score (nSPS) is 18.8. The summed E-state index contributed by atoms with van der Waals surface area (Å²) >= 11 is 3.10. The Morgan fingerprint density at radius 2 is 2.26 bits per heavy atom. The molecule has 0 saturated carbocycles. The first-order chi connectivity index (χ1) is 9.16. The summed E-state index contributed by atoms with van der Waals surface area (Å²) in [4.78, 5) is 22.6. The maximum atomic E-state index is 11.7. The third-order valence-electron chi connectivity index (χ3n) is 2.89. The van der Waals surface area contributed by atoms with Gasteiger partial charge in [-0.2, -0.15) is 11.8 Å². The maximum absolute atomic E-state index is 11.7. The number of carboxylic acid groups (broad SMARTS) is 1. The second-order valence-electron chi connectivity index (χ2n) is 4.29. The molecule has 19 heavy (non-hydrogen) atoms. The first-order valence-corrected chi connectivity index (χ1v) is 8.07. The number of rotatable bonds is 4. The predicted molar refractivity (Wildman–Crippen MR) is 78.4 cm³/mol. The molecule has 1 atom stereocenters. The number of urea groups is 1. The summed E-state index contributed by atoms with van der Waals surface area (Å²) in [5.74, 6) is 0.126. The number of aromatic carboxylic acids is 1. The zero-order valence-corrected chi connectivity index (χ0v) is 12.0. The van der Waals surface area contributed by atoms with Crippen molar-refractivity contribution in [1.29, 1.82) is 0 Å². The molecule has 2 amide bonds. The molecule has 0 bridgehead atoms. The molecule has 3 N–H and O–H groups in total. The lowest BCUT2D eigenvalue weighted by Gasteiger charge is -2.21. The number of hydrogen-bond acceptors (Lipinski definition) is 4. The summed E-state index contributed by atoms with van der Waals surface area (Å²) in [6.45, 7) is 0.629. The second-order valence-corrected chi connectivity index (χ2v) is 6.62.